The van der Waals surface area contributed by atoms with Crippen LogP contribution in [0.1, 0.15) is 43.1 Å². The van der Waals surface area contributed by atoms with Crippen LogP contribution in [0.5, 0.6) is 0 Å². The van der Waals surface area contributed by atoms with Crippen LogP contribution >= 0.6 is 0 Å². The van der Waals surface area contributed by atoms with E-state index < -0.39 is 0 Å². The molecule has 2 N–H and O–H groups in total. The number of rotatable bonds is 6. The monoisotopic (exact) mass is 264 g/mol. The summed E-state index contributed by atoms with van der Waals surface area (Å²) in [4.78, 5) is 2.61. The predicted molar refractivity (Wildman–Crippen MR) is 79.2 cm³/mol. The normalized spacial score (nSPS) is 18.1. The van der Waals surface area contributed by atoms with Gasteiger partial charge in [-0.15, -0.1) is 0 Å². The molecule has 1 saturated heterocycles. The minimum Gasteiger partial charge on any atom is -0.312 e. The quantitative estimate of drug-likeness (QED) is 0.775. The van der Waals surface area contributed by atoms with Crippen LogP contribution in [0.3, 0.4) is 0 Å². The average molecular weight is 264 g/mol. The first-order valence-electron chi connectivity index (χ1n) is 7.60. The molecule has 2 rings (SSSR count). The highest BCUT2D eigenvalue weighted by molar-refractivity contribution is 5.22. The molecule has 2 heterocycles. The summed E-state index contributed by atoms with van der Waals surface area (Å²) in [7, 11) is 0. The van der Waals surface area contributed by atoms with Crippen molar-refractivity contribution < 1.29 is 0 Å². The van der Waals surface area contributed by atoms with Crippen molar-refractivity contribution in [1.82, 2.24) is 20.4 Å². The molecule has 0 aromatic carbocycles. The fourth-order valence-electron chi connectivity index (χ4n) is 2.76. The fourth-order valence-corrected chi connectivity index (χ4v) is 2.76. The first-order valence-corrected chi connectivity index (χ1v) is 7.60. The number of aromatic nitrogens is 2. The van der Waals surface area contributed by atoms with E-state index in [-0.39, 0.29) is 0 Å². The number of aryl methyl sites for hydroxylation is 2. The maximum atomic E-state index is 4.22. The van der Waals surface area contributed by atoms with Crippen molar-refractivity contribution in [3.63, 3.8) is 0 Å². The fraction of sp³-hybridized carbons (Fsp3) is 0.800. The molecule has 108 valence electrons. The molecule has 1 fully saturated rings. The van der Waals surface area contributed by atoms with Gasteiger partial charge in [0.1, 0.15) is 0 Å². The van der Waals surface area contributed by atoms with E-state index in [9.17, 15) is 0 Å². The third kappa shape index (κ3) is 4.32. The van der Waals surface area contributed by atoms with Gasteiger partial charge in [-0.25, -0.2) is 0 Å². The predicted octanol–water partition coefficient (Wildman–Crippen LogP) is 2.24. The first kappa shape index (κ1) is 14.5. The maximum Gasteiger partial charge on any atom is 0.0638 e. The zero-order valence-corrected chi connectivity index (χ0v) is 12.6. The lowest BCUT2D eigenvalue weighted by Crippen LogP contribution is -2.34. The van der Waals surface area contributed by atoms with E-state index in [2.05, 4.69) is 41.2 Å². The average Bonchev–Trinajstić information content (AvgIpc) is 2.72. The van der Waals surface area contributed by atoms with Crippen molar-refractivity contribution in [3.05, 3.63) is 17.0 Å². The molecule has 0 amide bonds. The molecule has 1 aromatic heterocycles. The minimum atomic E-state index is 0.932. The highest BCUT2D eigenvalue weighted by Gasteiger charge is 2.14. The van der Waals surface area contributed by atoms with Crippen molar-refractivity contribution in [2.45, 2.75) is 46.6 Å². The van der Waals surface area contributed by atoms with Gasteiger partial charge in [-0.2, -0.15) is 5.10 Å². The van der Waals surface area contributed by atoms with Gasteiger partial charge in [-0.1, -0.05) is 6.92 Å². The largest absolute Gasteiger partial charge is 0.312 e. The molecule has 0 radical (unpaired) electrons. The second kappa shape index (κ2) is 7.06. The smallest absolute Gasteiger partial charge is 0.0638 e. The number of hydrogen-bond acceptors (Lipinski definition) is 3. The molecule has 1 aliphatic heterocycles. The van der Waals surface area contributed by atoms with Crippen LogP contribution in [0.15, 0.2) is 0 Å². The second-order valence-electron chi connectivity index (χ2n) is 5.97. The van der Waals surface area contributed by atoms with E-state index in [1.165, 1.54) is 50.2 Å². The Morgan fingerprint density at radius 3 is 2.68 bits per heavy atom. The van der Waals surface area contributed by atoms with E-state index in [4.69, 9.17) is 0 Å². The van der Waals surface area contributed by atoms with Gasteiger partial charge in [-0.05, 0) is 65.2 Å². The number of likely N-dealkylation sites (tertiary alicyclic amines) is 1. The van der Waals surface area contributed by atoms with Crippen molar-refractivity contribution in [3.8, 4) is 0 Å². The van der Waals surface area contributed by atoms with Gasteiger partial charge in [0, 0.05) is 17.8 Å². The molecule has 0 spiro atoms. The minimum absolute atomic E-state index is 0.932. The van der Waals surface area contributed by atoms with Crippen LogP contribution in [0, 0.1) is 19.8 Å². The van der Waals surface area contributed by atoms with Crippen LogP contribution in [0.25, 0.3) is 0 Å². The Balaban J connectivity index is 1.57. The van der Waals surface area contributed by atoms with Crippen LogP contribution in [-0.2, 0) is 6.54 Å². The van der Waals surface area contributed by atoms with E-state index in [1.807, 2.05) is 0 Å². The van der Waals surface area contributed by atoms with Gasteiger partial charge < -0.3 is 10.2 Å². The Labute approximate surface area is 117 Å². The van der Waals surface area contributed by atoms with Gasteiger partial charge in [0.2, 0.25) is 0 Å². The lowest BCUT2D eigenvalue weighted by molar-refractivity contribution is 0.190. The summed E-state index contributed by atoms with van der Waals surface area (Å²) in [6, 6.07) is 0. The Bertz CT molecular complexity index is 358. The summed E-state index contributed by atoms with van der Waals surface area (Å²) in [6.07, 6.45) is 3.99. The van der Waals surface area contributed by atoms with E-state index >= 15 is 0 Å². The highest BCUT2D eigenvalue weighted by atomic mass is 15.1. The third-order valence-corrected chi connectivity index (χ3v) is 4.29. The van der Waals surface area contributed by atoms with Gasteiger partial charge in [0.05, 0.1) is 5.69 Å². The number of H-pyrrole nitrogens is 1. The summed E-state index contributed by atoms with van der Waals surface area (Å²) in [5.74, 6) is 0.932. The van der Waals surface area contributed by atoms with Crippen molar-refractivity contribution in [2.75, 3.05) is 26.2 Å². The molecule has 0 bridgehead atoms. The molecular formula is C15H28N4. The summed E-state index contributed by atoms with van der Waals surface area (Å²) in [5.41, 5.74) is 3.64. The van der Waals surface area contributed by atoms with Crippen molar-refractivity contribution in [1.29, 1.82) is 0 Å². The van der Waals surface area contributed by atoms with Gasteiger partial charge in [0.15, 0.2) is 0 Å². The second-order valence-corrected chi connectivity index (χ2v) is 5.97. The number of nitrogens with zero attached hydrogens (tertiary/aromatic N) is 2. The standard InChI is InChI=1S/C15H28N4/c1-12-5-9-19(10-6-12)8-4-7-16-11-15-13(2)17-18-14(15)3/h12,16H,4-11H2,1-3H3,(H,17,18). The molecule has 1 aliphatic rings. The third-order valence-electron chi connectivity index (χ3n) is 4.29. The number of aromatic amines is 1. The number of hydrogen-bond donors (Lipinski definition) is 2. The Morgan fingerprint density at radius 2 is 2.05 bits per heavy atom. The molecule has 4 nitrogen and oxygen atoms in total. The lowest BCUT2D eigenvalue weighted by Gasteiger charge is -2.30. The summed E-state index contributed by atoms with van der Waals surface area (Å²) < 4.78 is 0. The number of nitrogens with one attached hydrogen (secondary N) is 2. The Morgan fingerprint density at radius 1 is 1.32 bits per heavy atom. The molecule has 0 atom stereocenters. The molecular weight excluding hydrogens is 236 g/mol. The summed E-state index contributed by atoms with van der Waals surface area (Å²) in [5, 5.41) is 10.8. The topological polar surface area (TPSA) is 44.0 Å². The summed E-state index contributed by atoms with van der Waals surface area (Å²) in [6.45, 7) is 12.4. The molecule has 0 saturated carbocycles. The van der Waals surface area contributed by atoms with Crippen LogP contribution in [-0.4, -0.2) is 41.3 Å². The van der Waals surface area contributed by atoms with Gasteiger partial charge in [-0.3, -0.25) is 5.10 Å². The van der Waals surface area contributed by atoms with Crippen LogP contribution < -0.4 is 5.32 Å². The molecule has 0 aliphatic carbocycles. The van der Waals surface area contributed by atoms with Gasteiger partial charge in [0.25, 0.3) is 0 Å². The Hall–Kier alpha value is -0.870. The Kier molecular flexibility index (Phi) is 5.40. The molecule has 4 heteroatoms. The summed E-state index contributed by atoms with van der Waals surface area (Å²) >= 11 is 0. The number of piperidine rings is 1. The van der Waals surface area contributed by atoms with Crippen molar-refractivity contribution in [2.24, 2.45) is 5.92 Å². The molecule has 1 aromatic rings. The molecule has 0 unspecified atom stereocenters. The van der Waals surface area contributed by atoms with Crippen LogP contribution in [0.2, 0.25) is 0 Å². The zero-order valence-electron chi connectivity index (χ0n) is 12.6. The van der Waals surface area contributed by atoms with E-state index in [1.54, 1.807) is 0 Å². The maximum absolute atomic E-state index is 4.22. The SMILES string of the molecule is Cc1n[nH]c(C)c1CNCCCN1CCC(C)CC1. The first-order chi connectivity index (χ1) is 9.16. The van der Waals surface area contributed by atoms with E-state index in [0.717, 1.165) is 24.7 Å². The van der Waals surface area contributed by atoms with Crippen LogP contribution in [0.4, 0.5) is 0 Å². The van der Waals surface area contributed by atoms with E-state index in [0.29, 0.717) is 0 Å². The van der Waals surface area contributed by atoms with Gasteiger partial charge >= 0.3 is 0 Å². The molecule has 19 heavy (non-hydrogen) atoms. The van der Waals surface area contributed by atoms with Crippen molar-refractivity contribution >= 4 is 0 Å². The zero-order chi connectivity index (χ0) is 13.7. The lowest BCUT2D eigenvalue weighted by atomic mass is 9.99. The highest BCUT2D eigenvalue weighted by Crippen LogP contribution is 2.15.